The maximum atomic E-state index is 5.52. The number of anilines is 2. The van der Waals surface area contributed by atoms with Crippen LogP contribution in [-0.4, -0.2) is 46.2 Å². The van der Waals surface area contributed by atoms with E-state index in [1.807, 2.05) is 24.3 Å². The molecule has 6 nitrogen and oxygen atoms in total. The molecule has 0 radical (unpaired) electrons. The molecule has 1 N–H and O–H groups in total. The average molecular weight is 442 g/mol. The first-order chi connectivity index (χ1) is 15.8. The molecule has 0 unspecified atom stereocenters. The SMILES string of the molecule is C#Cc1cccc(Nc2ncnc3nc(Cc4ccc(CN5CCOCC5)cc4)sc23)c1. The van der Waals surface area contributed by atoms with E-state index < -0.39 is 0 Å². The molecule has 1 saturated heterocycles. The zero-order valence-electron chi connectivity index (χ0n) is 17.6. The van der Waals surface area contributed by atoms with Gasteiger partial charge < -0.3 is 10.1 Å². The average Bonchev–Trinajstić information content (AvgIpc) is 3.25. The summed E-state index contributed by atoms with van der Waals surface area (Å²) < 4.78 is 6.37. The molecule has 0 saturated carbocycles. The molecule has 1 aliphatic heterocycles. The minimum atomic E-state index is 0.708. The number of rotatable bonds is 6. The third kappa shape index (κ3) is 4.78. The van der Waals surface area contributed by atoms with Gasteiger partial charge in [-0.05, 0) is 29.3 Å². The van der Waals surface area contributed by atoms with Gasteiger partial charge in [-0.15, -0.1) is 17.8 Å². The van der Waals surface area contributed by atoms with Gasteiger partial charge in [-0.1, -0.05) is 36.3 Å². The summed E-state index contributed by atoms with van der Waals surface area (Å²) in [5, 5.41) is 4.37. The van der Waals surface area contributed by atoms with Crippen molar-refractivity contribution < 1.29 is 4.74 Å². The van der Waals surface area contributed by atoms with Crippen molar-refractivity contribution in [3.05, 3.63) is 76.6 Å². The Morgan fingerprint density at radius 2 is 1.88 bits per heavy atom. The Morgan fingerprint density at radius 3 is 2.69 bits per heavy atom. The lowest BCUT2D eigenvalue weighted by molar-refractivity contribution is 0.0342. The fourth-order valence-electron chi connectivity index (χ4n) is 3.74. The number of nitrogens with zero attached hydrogens (tertiary/aromatic N) is 4. The van der Waals surface area contributed by atoms with Gasteiger partial charge in [0.25, 0.3) is 0 Å². The first-order valence-electron chi connectivity index (χ1n) is 10.6. The predicted octanol–water partition coefficient (Wildman–Crippen LogP) is 4.23. The standard InChI is InChI=1S/C25H23N5OS/c1-2-18-4-3-5-21(14-18)28-24-23-25(27-17-26-24)29-22(32-23)15-19-6-8-20(9-7-19)16-30-10-12-31-13-11-30/h1,3-9,14,17H,10-13,15-16H2,(H,26,27,28). The summed E-state index contributed by atoms with van der Waals surface area (Å²) in [5.41, 5.74) is 4.98. The topological polar surface area (TPSA) is 63.2 Å². The maximum Gasteiger partial charge on any atom is 0.175 e. The van der Waals surface area contributed by atoms with Crippen LogP contribution < -0.4 is 5.32 Å². The molecular formula is C25H23N5OS. The van der Waals surface area contributed by atoms with Crippen LogP contribution in [0.3, 0.4) is 0 Å². The molecule has 1 aliphatic rings. The molecule has 0 bridgehead atoms. The Morgan fingerprint density at radius 1 is 1.06 bits per heavy atom. The van der Waals surface area contributed by atoms with Crippen molar-refractivity contribution in [2.75, 3.05) is 31.6 Å². The van der Waals surface area contributed by atoms with Crippen LogP contribution in [0.4, 0.5) is 11.5 Å². The lowest BCUT2D eigenvalue weighted by atomic mass is 10.1. The Balaban J connectivity index is 1.30. The monoisotopic (exact) mass is 441 g/mol. The van der Waals surface area contributed by atoms with Crippen LogP contribution in [0.2, 0.25) is 0 Å². The zero-order valence-corrected chi connectivity index (χ0v) is 18.4. The number of terminal acetylenes is 1. The van der Waals surface area contributed by atoms with Gasteiger partial charge in [-0.25, -0.2) is 15.0 Å². The number of benzene rings is 2. The van der Waals surface area contributed by atoms with Crippen LogP contribution in [0.1, 0.15) is 21.7 Å². The first-order valence-corrected chi connectivity index (χ1v) is 11.4. The summed E-state index contributed by atoms with van der Waals surface area (Å²) in [5.74, 6) is 3.40. The molecule has 0 atom stereocenters. The Bertz CT molecular complexity index is 1260. The molecule has 5 rings (SSSR count). The predicted molar refractivity (Wildman–Crippen MR) is 128 cm³/mol. The molecule has 1 fully saturated rings. The van der Waals surface area contributed by atoms with Crippen molar-refractivity contribution in [3.8, 4) is 12.3 Å². The molecule has 7 heteroatoms. The van der Waals surface area contributed by atoms with Gasteiger partial charge in [0.1, 0.15) is 16.0 Å². The highest BCUT2D eigenvalue weighted by Gasteiger charge is 2.13. The van der Waals surface area contributed by atoms with E-state index in [2.05, 4.69) is 50.4 Å². The van der Waals surface area contributed by atoms with Gasteiger partial charge in [0, 0.05) is 37.3 Å². The number of aromatic nitrogens is 3. The van der Waals surface area contributed by atoms with Crippen LogP contribution >= 0.6 is 11.3 Å². The zero-order chi connectivity index (χ0) is 21.8. The van der Waals surface area contributed by atoms with Gasteiger partial charge in [0.15, 0.2) is 11.5 Å². The second-order valence-corrected chi connectivity index (χ2v) is 8.80. The van der Waals surface area contributed by atoms with Crippen molar-refractivity contribution in [1.82, 2.24) is 19.9 Å². The van der Waals surface area contributed by atoms with E-state index in [1.165, 1.54) is 11.1 Å². The van der Waals surface area contributed by atoms with E-state index in [0.717, 1.165) is 66.0 Å². The number of fused-ring (bicyclic) bond motifs is 1. The van der Waals surface area contributed by atoms with Crippen LogP contribution in [0, 0.1) is 12.3 Å². The van der Waals surface area contributed by atoms with Crippen molar-refractivity contribution in [2.24, 2.45) is 0 Å². The normalized spacial score (nSPS) is 14.3. The maximum absolute atomic E-state index is 5.52. The molecule has 0 spiro atoms. The second-order valence-electron chi connectivity index (χ2n) is 7.71. The molecule has 0 aliphatic carbocycles. The van der Waals surface area contributed by atoms with E-state index in [-0.39, 0.29) is 0 Å². The molecule has 160 valence electrons. The van der Waals surface area contributed by atoms with Gasteiger partial charge >= 0.3 is 0 Å². The smallest absolute Gasteiger partial charge is 0.175 e. The van der Waals surface area contributed by atoms with Gasteiger partial charge in [-0.3, -0.25) is 4.90 Å². The molecular weight excluding hydrogens is 418 g/mol. The van der Waals surface area contributed by atoms with E-state index >= 15 is 0 Å². The summed E-state index contributed by atoms with van der Waals surface area (Å²) in [6.45, 7) is 4.61. The Labute approximate surface area is 191 Å². The third-order valence-corrected chi connectivity index (χ3v) is 6.47. The first kappa shape index (κ1) is 20.6. The Hall–Kier alpha value is -3.31. The van der Waals surface area contributed by atoms with E-state index in [0.29, 0.717) is 5.65 Å². The van der Waals surface area contributed by atoms with E-state index in [9.17, 15) is 0 Å². The van der Waals surface area contributed by atoms with Crippen molar-refractivity contribution in [2.45, 2.75) is 13.0 Å². The largest absolute Gasteiger partial charge is 0.379 e. The molecule has 3 heterocycles. The minimum Gasteiger partial charge on any atom is -0.379 e. The molecule has 2 aromatic heterocycles. The van der Waals surface area contributed by atoms with Crippen molar-refractivity contribution in [1.29, 1.82) is 0 Å². The molecule has 32 heavy (non-hydrogen) atoms. The van der Waals surface area contributed by atoms with Gasteiger partial charge in [0.2, 0.25) is 0 Å². The highest BCUT2D eigenvalue weighted by atomic mass is 32.1. The van der Waals surface area contributed by atoms with Crippen LogP contribution in [0.5, 0.6) is 0 Å². The van der Waals surface area contributed by atoms with E-state index in [1.54, 1.807) is 17.7 Å². The highest BCUT2D eigenvalue weighted by molar-refractivity contribution is 7.19. The van der Waals surface area contributed by atoms with Crippen molar-refractivity contribution in [3.63, 3.8) is 0 Å². The van der Waals surface area contributed by atoms with E-state index in [4.69, 9.17) is 16.1 Å². The molecule has 2 aromatic carbocycles. The number of nitrogens with one attached hydrogen (secondary N) is 1. The molecule has 0 amide bonds. The highest BCUT2D eigenvalue weighted by Crippen LogP contribution is 2.30. The quantitative estimate of drug-likeness (QED) is 0.452. The summed E-state index contributed by atoms with van der Waals surface area (Å²) in [6, 6.07) is 16.5. The van der Waals surface area contributed by atoms with Crippen molar-refractivity contribution >= 4 is 33.2 Å². The lowest BCUT2D eigenvalue weighted by Crippen LogP contribution is -2.35. The summed E-state index contributed by atoms with van der Waals surface area (Å²) in [4.78, 5) is 15.9. The van der Waals surface area contributed by atoms with Gasteiger partial charge in [-0.2, -0.15) is 0 Å². The summed E-state index contributed by atoms with van der Waals surface area (Å²) in [7, 11) is 0. The summed E-state index contributed by atoms with van der Waals surface area (Å²) in [6.07, 6.45) is 7.83. The number of ether oxygens (including phenoxy) is 1. The number of morpholine rings is 1. The van der Waals surface area contributed by atoms with Crippen LogP contribution in [0.15, 0.2) is 54.9 Å². The summed E-state index contributed by atoms with van der Waals surface area (Å²) >= 11 is 1.62. The number of hydrogen-bond donors (Lipinski definition) is 1. The second kappa shape index (κ2) is 9.45. The minimum absolute atomic E-state index is 0.708. The Kier molecular flexibility index (Phi) is 6.08. The third-order valence-electron chi connectivity index (χ3n) is 5.42. The molecule has 4 aromatic rings. The van der Waals surface area contributed by atoms with Gasteiger partial charge in [0.05, 0.1) is 13.2 Å². The lowest BCUT2D eigenvalue weighted by Gasteiger charge is -2.26. The number of thiazole rings is 1. The van der Waals surface area contributed by atoms with Crippen LogP contribution in [-0.2, 0) is 17.7 Å². The fourth-order valence-corrected chi connectivity index (χ4v) is 4.74. The number of hydrogen-bond acceptors (Lipinski definition) is 7. The fraction of sp³-hybridized carbons (Fsp3) is 0.240. The van der Waals surface area contributed by atoms with Crippen LogP contribution in [0.25, 0.3) is 10.3 Å².